The average molecular weight is 967 g/mol. The van der Waals surface area contributed by atoms with Crippen LogP contribution in [0.15, 0.2) is 97.6 Å². The number of ether oxygens (including phenoxy) is 2. The van der Waals surface area contributed by atoms with Crippen molar-refractivity contribution in [1.29, 1.82) is 0 Å². The Labute approximate surface area is 357 Å². The molecule has 0 amide bonds. The van der Waals surface area contributed by atoms with Gasteiger partial charge in [0.25, 0.3) is 0 Å². The fourth-order valence-electron chi connectivity index (χ4n) is 4.91. The SMILES string of the molecule is COc1cc2ncnc(Nc3ccc(F)c(Cl)c3)c2cc1CC(=O)/C=C/CBr.COc1cc2ncnc(Nc3ccc(F)c(Cl)c3)c2cc1N.O=C(Cl)/C=C/CBr. The van der Waals surface area contributed by atoms with Crippen molar-refractivity contribution in [2.45, 2.75) is 6.42 Å². The fourth-order valence-corrected chi connectivity index (χ4v) is 5.74. The van der Waals surface area contributed by atoms with E-state index in [0.29, 0.717) is 72.8 Å². The zero-order valence-corrected chi connectivity index (χ0v) is 35.4. The van der Waals surface area contributed by atoms with E-state index in [1.807, 2.05) is 6.07 Å². The molecular weight excluding hydrogens is 935 g/mol. The lowest BCUT2D eigenvalue weighted by molar-refractivity contribution is -0.114. The van der Waals surface area contributed by atoms with Crippen molar-refractivity contribution in [3.8, 4) is 11.5 Å². The van der Waals surface area contributed by atoms with Crippen molar-refractivity contribution in [3.63, 3.8) is 0 Å². The van der Waals surface area contributed by atoms with Gasteiger partial charge in [-0.3, -0.25) is 9.59 Å². The van der Waals surface area contributed by atoms with Gasteiger partial charge in [0, 0.05) is 56.9 Å². The third kappa shape index (κ3) is 13.1. The number of hydrogen-bond acceptors (Lipinski definition) is 11. The number of aromatic nitrogens is 4. The number of methoxy groups -OCH3 is 2. The Balaban J connectivity index is 0.000000221. The number of halogens is 7. The molecule has 0 unspecified atom stereocenters. The number of anilines is 5. The average Bonchev–Trinajstić information content (AvgIpc) is 3.19. The van der Waals surface area contributed by atoms with Crippen LogP contribution >= 0.6 is 66.7 Å². The molecule has 0 spiro atoms. The van der Waals surface area contributed by atoms with Gasteiger partial charge in [-0.25, -0.2) is 28.7 Å². The molecule has 0 bridgehead atoms. The third-order valence-electron chi connectivity index (χ3n) is 7.48. The molecule has 6 rings (SSSR count). The van der Waals surface area contributed by atoms with Gasteiger partial charge in [0.15, 0.2) is 5.78 Å². The highest BCUT2D eigenvalue weighted by Gasteiger charge is 2.14. The molecule has 0 aliphatic heterocycles. The quantitative estimate of drug-likeness (QED) is 0.0465. The molecule has 4 aromatic carbocycles. The Morgan fingerprint density at radius 2 is 1.23 bits per heavy atom. The second kappa shape index (κ2) is 22.1. The maximum atomic E-state index is 13.4. The van der Waals surface area contributed by atoms with E-state index in [4.69, 9.17) is 50.0 Å². The van der Waals surface area contributed by atoms with Gasteiger partial charge in [-0.2, -0.15) is 0 Å². The number of fused-ring (bicyclic) bond motifs is 2. The highest BCUT2D eigenvalue weighted by molar-refractivity contribution is 9.09. The summed E-state index contributed by atoms with van der Waals surface area (Å²) in [6.07, 6.45) is 9.22. The maximum Gasteiger partial charge on any atom is 0.244 e. The van der Waals surface area contributed by atoms with E-state index in [-0.39, 0.29) is 22.2 Å². The summed E-state index contributed by atoms with van der Waals surface area (Å²) < 4.78 is 37.2. The number of ketones is 1. The van der Waals surface area contributed by atoms with Gasteiger partial charge >= 0.3 is 0 Å². The van der Waals surface area contributed by atoms with Crippen LogP contribution in [-0.2, 0) is 16.0 Å². The number of nitrogen functional groups attached to an aromatic ring is 1. The summed E-state index contributed by atoms with van der Waals surface area (Å²) in [5, 5.41) is 8.52. The first kappa shape index (κ1) is 44.8. The van der Waals surface area contributed by atoms with Crippen LogP contribution in [0.25, 0.3) is 21.8 Å². The number of hydrogen-bond donors (Lipinski definition) is 3. The maximum absolute atomic E-state index is 13.4. The lowest BCUT2D eigenvalue weighted by Gasteiger charge is -2.12. The van der Waals surface area contributed by atoms with Crippen molar-refractivity contribution >= 4 is 128 Å². The summed E-state index contributed by atoms with van der Waals surface area (Å²) in [7, 11) is 3.09. The molecule has 0 aliphatic carbocycles. The minimum atomic E-state index is -0.498. The highest BCUT2D eigenvalue weighted by Crippen LogP contribution is 2.33. The van der Waals surface area contributed by atoms with Crippen LogP contribution in [0.4, 0.5) is 37.5 Å². The first-order valence-electron chi connectivity index (χ1n) is 16.4. The molecule has 4 N–H and O–H groups in total. The van der Waals surface area contributed by atoms with E-state index in [0.717, 1.165) is 5.39 Å². The molecule has 0 saturated heterocycles. The molecule has 296 valence electrons. The predicted octanol–water partition coefficient (Wildman–Crippen LogP) is 10.7. The summed E-state index contributed by atoms with van der Waals surface area (Å²) in [4.78, 5) is 39.0. The minimum Gasteiger partial charge on any atom is -0.496 e. The Morgan fingerprint density at radius 3 is 1.68 bits per heavy atom. The van der Waals surface area contributed by atoms with Crippen molar-refractivity contribution in [3.05, 3.63) is 125 Å². The largest absolute Gasteiger partial charge is 0.496 e. The first-order valence-corrected chi connectivity index (χ1v) is 19.8. The van der Waals surface area contributed by atoms with Crippen LogP contribution in [0.5, 0.6) is 11.5 Å². The number of allylic oxidation sites excluding steroid dienone is 4. The molecule has 57 heavy (non-hydrogen) atoms. The van der Waals surface area contributed by atoms with Crippen LogP contribution in [-0.4, -0.2) is 55.8 Å². The van der Waals surface area contributed by atoms with E-state index in [2.05, 4.69) is 62.4 Å². The fraction of sp³-hybridized carbons (Fsp3) is 0.128. The number of nitrogens with one attached hydrogen (secondary N) is 2. The summed E-state index contributed by atoms with van der Waals surface area (Å²) in [6, 6.07) is 15.7. The molecular formula is C39H32Br2Cl3F2N7O4. The molecule has 0 aliphatic rings. The van der Waals surface area contributed by atoms with E-state index in [1.165, 1.54) is 49.1 Å². The number of alkyl halides is 2. The highest BCUT2D eigenvalue weighted by atomic mass is 79.9. The third-order valence-corrected chi connectivity index (χ3v) is 8.94. The van der Waals surface area contributed by atoms with Crippen molar-refractivity contribution < 1.29 is 27.8 Å². The molecule has 6 aromatic rings. The molecule has 2 heterocycles. The molecule has 0 radical (unpaired) electrons. The number of rotatable bonds is 12. The number of benzene rings is 4. The van der Waals surface area contributed by atoms with Gasteiger partial charge in [-0.05, 0) is 72.3 Å². The van der Waals surface area contributed by atoms with Crippen molar-refractivity contribution in [1.82, 2.24) is 19.9 Å². The Kier molecular flexibility index (Phi) is 17.4. The first-order chi connectivity index (χ1) is 27.4. The van der Waals surface area contributed by atoms with Crippen molar-refractivity contribution in [2.75, 3.05) is 41.2 Å². The van der Waals surface area contributed by atoms with E-state index in [9.17, 15) is 18.4 Å². The Hall–Kier alpha value is -4.93. The van der Waals surface area contributed by atoms with Crippen LogP contribution in [0.2, 0.25) is 10.0 Å². The molecule has 18 heteroatoms. The molecule has 0 fully saturated rings. The second-order valence-corrected chi connectivity index (χ2v) is 13.8. The number of nitrogens with zero attached hydrogens (tertiary/aromatic N) is 4. The lowest BCUT2D eigenvalue weighted by Crippen LogP contribution is -2.03. The summed E-state index contributed by atoms with van der Waals surface area (Å²) in [6.45, 7) is 0. The zero-order valence-electron chi connectivity index (χ0n) is 30.0. The van der Waals surface area contributed by atoms with E-state index < -0.39 is 16.9 Å². The van der Waals surface area contributed by atoms with Gasteiger partial charge in [0.1, 0.15) is 47.4 Å². The Bertz CT molecular complexity index is 2450. The number of carbonyl (C=O) groups excluding carboxylic acids is 2. The summed E-state index contributed by atoms with van der Waals surface area (Å²) in [5.41, 5.74) is 9.64. The lowest BCUT2D eigenvalue weighted by atomic mass is 10.0. The monoisotopic (exact) mass is 963 g/mol. The zero-order chi connectivity index (χ0) is 41.5. The predicted molar refractivity (Wildman–Crippen MR) is 231 cm³/mol. The normalized spacial score (nSPS) is 10.8. The topological polar surface area (TPSA) is 154 Å². The standard InChI is InChI=1S/C20H16BrClFN3O2.C15H12ClFN4O.C4H4BrClO/c1-28-19-10-18-15(8-12(19)7-14(27)3-2-6-21)20(25-11-24-18)26-13-4-5-17(23)16(22)9-13;1-22-14-6-13-9(5-12(14)18)15(20-7-19-13)21-8-2-3-11(17)10(16)4-8;5-3-1-2-4(6)7/h2-5,8-11H,6-7H2,1H3,(H,24,25,26);2-7H,18H2,1H3,(H,19,20,21);1-2H,3H2/b3-2+;;2-1+. The van der Waals surface area contributed by atoms with E-state index in [1.54, 1.807) is 56.7 Å². The van der Waals surface area contributed by atoms with Gasteiger partial charge in [-0.15, -0.1) is 0 Å². The van der Waals surface area contributed by atoms with Gasteiger partial charge in [-0.1, -0.05) is 67.2 Å². The number of carbonyl (C=O) groups is 2. The van der Waals surface area contributed by atoms with Crippen LogP contribution in [0.3, 0.4) is 0 Å². The van der Waals surface area contributed by atoms with Gasteiger partial charge < -0.3 is 25.8 Å². The summed E-state index contributed by atoms with van der Waals surface area (Å²) in [5.74, 6) is 1.15. The van der Waals surface area contributed by atoms with Crippen LogP contribution < -0.4 is 25.8 Å². The summed E-state index contributed by atoms with van der Waals surface area (Å²) >= 11 is 22.9. The second-order valence-electron chi connectivity index (χ2n) is 11.3. The number of nitrogens with two attached hydrogens (primary N) is 1. The molecule has 2 aromatic heterocycles. The van der Waals surface area contributed by atoms with E-state index >= 15 is 0 Å². The molecule has 0 saturated carbocycles. The van der Waals surface area contributed by atoms with Crippen LogP contribution in [0.1, 0.15) is 5.56 Å². The van der Waals surface area contributed by atoms with Gasteiger partial charge in [0.05, 0.1) is 41.0 Å². The Morgan fingerprint density at radius 1 is 0.737 bits per heavy atom. The van der Waals surface area contributed by atoms with Gasteiger partial charge in [0.2, 0.25) is 5.24 Å². The molecule has 11 nitrogen and oxygen atoms in total. The smallest absolute Gasteiger partial charge is 0.244 e. The molecule has 0 atom stereocenters. The minimum absolute atomic E-state index is 0.00916. The van der Waals surface area contributed by atoms with Crippen molar-refractivity contribution in [2.24, 2.45) is 0 Å². The van der Waals surface area contributed by atoms with Crippen LogP contribution in [0, 0.1) is 11.6 Å².